The van der Waals surface area contributed by atoms with Gasteiger partial charge in [0.05, 0.1) is 20.6 Å². The van der Waals surface area contributed by atoms with Gasteiger partial charge in [0.25, 0.3) is 10.0 Å². The van der Waals surface area contributed by atoms with Crippen LogP contribution in [0.3, 0.4) is 0 Å². The minimum atomic E-state index is -4.16. The lowest BCUT2D eigenvalue weighted by Crippen LogP contribution is -2.40. The van der Waals surface area contributed by atoms with Gasteiger partial charge in [0.15, 0.2) is 6.10 Å². The van der Waals surface area contributed by atoms with Crippen molar-refractivity contribution < 1.29 is 27.9 Å². The van der Waals surface area contributed by atoms with Crippen molar-refractivity contribution in [1.29, 1.82) is 0 Å². The largest absolute Gasteiger partial charge is 0.479 e. The van der Waals surface area contributed by atoms with E-state index in [0.29, 0.717) is 11.3 Å². The van der Waals surface area contributed by atoms with Crippen LogP contribution in [0.2, 0.25) is 10.0 Å². The lowest BCUT2D eigenvalue weighted by atomic mass is 10.2. The van der Waals surface area contributed by atoms with Crippen molar-refractivity contribution in [3.63, 3.8) is 0 Å². The van der Waals surface area contributed by atoms with Gasteiger partial charge in [0.2, 0.25) is 5.91 Å². The number of halogens is 2. The summed E-state index contributed by atoms with van der Waals surface area (Å²) in [4.78, 5) is 23.9. The second kappa shape index (κ2) is 11.6. The summed E-state index contributed by atoms with van der Waals surface area (Å²) in [5.41, 5.74) is 1.58. The Labute approximate surface area is 219 Å². The highest BCUT2D eigenvalue weighted by atomic mass is 35.5. The molecule has 0 heterocycles. The van der Waals surface area contributed by atoms with Crippen LogP contribution in [0.1, 0.15) is 18.1 Å². The van der Waals surface area contributed by atoms with Gasteiger partial charge >= 0.3 is 5.97 Å². The molecule has 3 aromatic rings. The van der Waals surface area contributed by atoms with Crippen molar-refractivity contribution >= 4 is 50.8 Å². The first-order valence-electron chi connectivity index (χ1n) is 10.8. The van der Waals surface area contributed by atoms with Crippen molar-refractivity contribution in [2.45, 2.75) is 31.4 Å². The number of carboxylic acids is 1. The molecule has 1 amide bonds. The Hall–Kier alpha value is -3.27. The van der Waals surface area contributed by atoms with E-state index in [-0.39, 0.29) is 27.2 Å². The molecule has 3 rings (SSSR count). The molecule has 36 heavy (non-hydrogen) atoms. The number of sulfonamides is 1. The molecule has 0 spiro atoms. The van der Waals surface area contributed by atoms with Crippen LogP contribution >= 0.6 is 23.2 Å². The third kappa shape index (κ3) is 6.69. The second-order valence-corrected chi connectivity index (χ2v) is 10.6. The molecule has 0 radical (unpaired) electrons. The molecule has 1 atom stereocenters. The molecule has 190 valence electrons. The number of ether oxygens (including phenoxy) is 1. The number of aliphatic carboxylic acids is 1. The van der Waals surface area contributed by atoms with Gasteiger partial charge in [0, 0.05) is 6.54 Å². The molecule has 0 bridgehead atoms. The number of aryl methyl sites for hydroxylation is 1. The first-order valence-corrected chi connectivity index (χ1v) is 13.0. The summed E-state index contributed by atoms with van der Waals surface area (Å²) in [6, 6.07) is 17.3. The number of hydrogen-bond acceptors (Lipinski definition) is 5. The van der Waals surface area contributed by atoms with Crippen LogP contribution in [0.5, 0.6) is 5.75 Å². The number of amides is 1. The number of rotatable bonds is 10. The minimum Gasteiger partial charge on any atom is -0.479 e. The molecule has 0 aliphatic carbocycles. The zero-order valence-electron chi connectivity index (χ0n) is 19.4. The number of anilines is 1. The molecule has 0 unspecified atom stereocenters. The maximum Gasteiger partial charge on any atom is 0.344 e. The lowest BCUT2D eigenvalue weighted by molar-refractivity contribution is -0.144. The fraction of sp³-hybridized carbons (Fsp3) is 0.200. The SMILES string of the molecule is Cc1ccc(S(=O)(=O)N(CC(=O)NCc2cccc(O[C@H](C)C(=O)O)c2)c2cccc(Cl)c2Cl)cc1. The van der Waals surface area contributed by atoms with Crippen molar-refractivity contribution in [1.82, 2.24) is 5.32 Å². The number of nitrogens with one attached hydrogen (secondary N) is 1. The predicted octanol–water partition coefficient (Wildman–Crippen LogP) is 4.67. The van der Waals surface area contributed by atoms with E-state index in [1.54, 1.807) is 42.5 Å². The minimum absolute atomic E-state index is 0.0000496. The zero-order valence-corrected chi connectivity index (χ0v) is 21.8. The quantitative estimate of drug-likeness (QED) is 0.379. The Morgan fingerprint density at radius 1 is 1.06 bits per heavy atom. The number of carbonyl (C=O) groups excluding carboxylic acids is 1. The van der Waals surface area contributed by atoms with E-state index in [1.165, 1.54) is 31.2 Å². The maximum atomic E-state index is 13.5. The molecule has 0 aromatic heterocycles. The average molecular weight is 551 g/mol. The normalized spacial score (nSPS) is 12.0. The van der Waals surface area contributed by atoms with Crippen molar-refractivity contribution in [2.24, 2.45) is 0 Å². The van der Waals surface area contributed by atoms with Crippen LogP contribution < -0.4 is 14.4 Å². The van der Waals surface area contributed by atoms with Crippen LogP contribution in [0.25, 0.3) is 0 Å². The highest BCUT2D eigenvalue weighted by molar-refractivity contribution is 7.92. The lowest BCUT2D eigenvalue weighted by Gasteiger charge is -2.25. The van der Waals surface area contributed by atoms with Gasteiger partial charge in [-0.15, -0.1) is 0 Å². The van der Waals surface area contributed by atoms with Crippen molar-refractivity contribution in [3.8, 4) is 5.75 Å². The third-order valence-electron chi connectivity index (χ3n) is 5.14. The number of carboxylic acid groups (broad SMARTS) is 1. The average Bonchev–Trinajstić information content (AvgIpc) is 2.83. The molecule has 0 aliphatic rings. The maximum absolute atomic E-state index is 13.5. The molecule has 0 fully saturated rings. The highest BCUT2D eigenvalue weighted by Gasteiger charge is 2.29. The summed E-state index contributed by atoms with van der Waals surface area (Å²) in [5, 5.41) is 11.8. The number of nitrogens with zero attached hydrogens (tertiary/aromatic N) is 1. The van der Waals surface area contributed by atoms with E-state index in [2.05, 4.69) is 5.32 Å². The molecule has 8 nitrogen and oxygen atoms in total. The van der Waals surface area contributed by atoms with Crippen LogP contribution in [-0.2, 0) is 26.2 Å². The van der Waals surface area contributed by atoms with Crippen molar-refractivity contribution in [2.75, 3.05) is 10.8 Å². The van der Waals surface area contributed by atoms with E-state index >= 15 is 0 Å². The number of hydrogen-bond donors (Lipinski definition) is 2. The Kier molecular flexibility index (Phi) is 8.84. The van der Waals surface area contributed by atoms with Gasteiger partial charge in [-0.05, 0) is 55.8 Å². The topological polar surface area (TPSA) is 113 Å². The molecule has 0 saturated heterocycles. The standard InChI is InChI=1S/C25H24Cl2N2O6S/c1-16-9-11-20(12-10-16)36(33,34)29(22-8-4-7-21(26)24(22)27)15-23(30)28-14-18-5-3-6-19(13-18)35-17(2)25(31)32/h3-13,17H,14-15H2,1-2H3,(H,28,30)(H,31,32)/t17-/m1/s1. The summed E-state index contributed by atoms with van der Waals surface area (Å²) < 4.78 is 33.3. The van der Waals surface area contributed by atoms with Gasteiger partial charge in [-0.25, -0.2) is 13.2 Å². The van der Waals surface area contributed by atoms with Gasteiger partial charge in [0.1, 0.15) is 12.3 Å². The molecule has 3 aromatic carbocycles. The van der Waals surface area contributed by atoms with Gasteiger partial charge in [-0.3, -0.25) is 9.10 Å². The Morgan fingerprint density at radius 3 is 2.39 bits per heavy atom. The van der Waals surface area contributed by atoms with Gasteiger partial charge < -0.3 is 15.2 Å². The Bertz CT molecular complexity index is 1360. The molecule has 2 N–H and O–H groups in total. The first kappa shape index (κ1) is 27.3. The third-order valence-corrected chi connectivity index (χ3v) is 7.73. The molecular formula is C25H24Cl2N2O6S. The number of benzene rings is 3. The van der Waals surface area contributed by atoms with E-state index < -0.39 is 34.5 Å². The van der Waals surface area contributed by atoms with E-state index in [4.69, 9.17) is 33.0 Å². The zero-order chi connectivity index (χ0) is 26.5. The molecule has 11 heteroatoms. The highest BCUT2D eigenvalue weighted by Crippen LogP contribution is 2.35. The summed E-state index contributed by atoms with van der Waals surface area (Å²) in [7, 11) is -4.16. The van der Waals surface area contributed by atoms with E-state index in [1.807, 2.05) is 6.92 Å². The van der Waals surface area contributed by atoms with Gasteiger partial charge in [-0.2, -0.15) is 0 Å². The van der Waals surface area contributed by atoms with Crippen LogP contribution in [0.4, 0.5) is 5.69 Å². The van der Waals surface area contributed by atoms with E-state index in [0.717, 1.165) is 9.87 Å². The van der Waals surface area contributed by atoms with Crippen molar-refractivity contribution in [3.05, 3.63) is 87.9 Å². The van der Waals surface area contributed by atoms with E-state index in [9.17, 15) is 18.0 Å². The van der Waals surface area contributed by atoms with Crippen LogP contribution in [0.15, 0.2) is 71.6 Å². The molecule has 0 aliphatic heterocycles. The molecular weight excluding hydrogens is 527 g/mol. The number of carbonyl (C=O) groups is 2. The second-order valence-electron chi connectivity index (χ2n) is 7.92. The van der Waals surface area contributed by atoms with Gasteiger partial charge in [-0.1, -0.05) is 59.1 Å². The van der Waals surface area contributed by atoms with Crippen LogP contribution in [0, 0.1) is 6.92 Å². The summed E-state index contributed by atoms with van der Waals surface area (Å²) >= 11 is 12.4. The smallest absolute Gasteiger partial charge is 0.344 e. The Morgan fingerprint density at radius 2 is 1.72 bits per heavy atom. The summed E-state index contributed by atoms with van der Waals surface area (Å²) in [6.07, 6.45) is -1.04. The monoisotopic (exact) mass is 550 g/mol. The summed E-state index contributed by atoms with van der Waals surface area (Å²) in [5.74, 6) is -1.37. The first-order chi connectivity index (χ1) is 17.0. The Balaban J connectivity index is 1.82. The van der Waals surface area contributed by atoms with Crippen LogP contribution in [-0.4, -0.2) is 38.0 Å². The fourth-order valence-electron chi connectivity index (χ4n) is 3.19. The summed E-state index contributed by atoms with van der Waals surface area (Å²) in [6.45, 7) is 2.74. The fourth-order valence-corrected chi connectivity index (χ4v) is 5.07. The molecule has 0 saturated carbocycles. The predicted molar refractivity (Wildman–Crippen MR) is 138 cm³/mol.